The van der Waals surface area contributed by atoms with Gasteiger partial charge in [0.1, 0.15) is 17.1 Å². The van der Waals surface area contributed by atoms with Crippen molar-refractivity contribution in [3.8, 4) is 10.8 Å². The van der Waals surface area contributed by atoms with Gasteiger partial charge < -0.3 is 10.2 Å². The van der Waals surface area contributed by atoms with Crippen molar-refractivity contribution in [2.24, 2.45) is 0 Å². The first-order valence-corrected chi connectivity index (χ1v) is 5.97. The highest BCUT2D eigenvalue weighted by atomic mass is 32.1. The Kier molecular flexibility index (Phi) is 2.31. The molecule has 0 radical (unpaired) electrons. The maximum atomic E-state index is 10.9. The highest BCUT2D eigenvalue weighted by Crippen LogP contribution is 2.32. The van der Waals surface area contributed by atoms with Gasteiger partial charge in [-0.2, -0.15) is 0 Å². The minimum Gasteiger partial charge on any atom is -0.506 e. The highest BCUT2D eigenvalue weighted by Gasteiger charge is 2.16. The van der Waals surface area contributed by atoms with E-state index in [2.05, 4.69) is 4.98 Å². The van der Waals surface area contributed by atoms with Crippen LogP contribution in [0.15, 0.2) is 36.7 Å². The summed E-state index contributed by atoms with van der Waals surface area (Å²) in [5, 5.41) is 19.1. The Hall–Kier alpha value is -2.34. The lowest BCUT2D eigenvalue weighted by molar-refractivity contribution is 0.0699. The first-order chi connectivity index (χ1) is 8.66. The van der Waals surface area contributed by atoms with Crippen molar-refractivity contribution in [1.82, 2.24) is 9.55 Å². The number of para-hydroxylation sites is 2. The first-order valence-electron chi connectivity index (χ1n) is 5.15. The van der Waals surface area contributed by atoms with Gasteiger partial charge in [0.05, 0.1) is 11.0 Å². The number of aromatic nitrogens is 2. The van der Waals surface area contributed by atoms with Crippen molar-refractivity contribution < 1.29 is 15.0 Å². The molecule has 3 rings (SSSR count). The Bertz CT molecular complexity index is 745. The summed E-state index contributed by atoms with van der Waals surface area (Å²) in [7, 11) is 0. The monoisotopic (exact) mass is 260 g/mol. The van der Waals surface area contributed by atoms with Gasteiger partial charge >= 0.3 is 5.97 Å². The van der Waals surface area contributed by atoms with E-state index in [-0.39, 0.29) is 10.6 Å². The molecule has 0 atom stereocenters. The van der Waals surface area contributed by atoms with Crippen molar-refractivity contribution in [1.29, 1.82) is 0 Å². The van der Waals surface area contributed by atoms with E-state index in [0.717, 1.165) is 22.4 Å². The quantitative estimate of drug-likeness (QED) is 0.742. The molecule has 3 aromatic rings. The molecule has 2 N–H and O–H groups in total. The number of thiophene rings is 1. The molecular formula is C12H8N2O3S. The van der Waals surface area contributed by atoms with E-state index in [4.69, 9.17) is 5.11 Å². The molecule has 0 aliphatic carbocycles. The number of imidazole rings is 1. The van der Waals surface area contributed by atoms with Gasteiger partial charge in [0.15, 0.2) is 4.88 Å². The summed E-state index contributed by atoms with van der Waals surface area (Å²) in [6.45, 7) is 0. The van der Waals surface area contributed by atoms with Crippen LogP contribution in [0.4, 0.5) is 0 Å². The molecular weight excluding hydrogens is 252 g/mol. The third-order valence-corrected chi connectivity index (χ3v) is 3.70. The average molecular weight is 260 g/mol. The van der Waals surface area contributed by atoms with Crippen LogP contribution in [0.3, 0.4) is 0 Å². The molecule has 0 saturated carbocycles. The van der Waals surface area contributed by atoms with Gasteiger partial charge in [0.2, 0.25) is 0 Å². The second-order valence-electron chi connectivity index (χ2n) is 3.71. The van der Waals surface area contributed by atoms with E-state index >= 15 is 0 Å². The molecule has 0 aliphatic heterocycles. The van der Waals surface area contributed by atoms with E-state index in [0.29, 0.717) is 5.00 Å². The summed E-state index contributed by atoms with van der Waals surface area (Å²) < 4.78 is 1.76. The minimum absolute atomic E-state index is 0.0669. The highest BCUT2D eigenvalue weighted by molar-refractivity contribution is 7.16. The Balaban J connectivity index is 2.20. The van der Waals surface area contributed by atoms with E-state index in [1.807, 2.05) is 24.3 Å². The predicted molar refractivity (Wildman–Crippen MR) is 67.6 cm³/mol. The molecule has 0 unspecified atom stereocenters. The fourth-order valence-corrected chi connectivity index (χ4v) is 2.65. The van der Waals surface area contributed by atoms with Crippen LogP contribution in [0.2, 0.25) is 0 Å². The molecule has 0 aliphatic rings. The van der Waals surface area contributed by atoms with Crippen LogP contribution in [0.1, 0.15) is 9.67 Å². The van der Waals surface area contributed by atoms with Crippen LogP contribution in [0.25, 0.3) is 16.0 Å². The summed E-state index contributed by atoms with van der Waals surface area (Å²) >= 11 is 1.01. The molecule has 2 heterocycles. The summed E-state index contributed by atoms with van der Waals surface area (Å²) in [6.07, 6.45) is 1.61. The van der Waals surface area contributed by atoms with E-state index in [9.17, 15) is 9.90 Å². The zero-order valence-electron chi connectivity index (χ0n) is 9.07. The molecule has 0 fully saturated rings. The van der Waals surface area contributed by atoms with Crippen molar-refractivity contribution in [2.75, 3.05) is 0 Å². The number of carboxylic acid groups (broad SMARTS) is 1. The molecule has 0 spiro atoms. The second-order valence-corrected chi connectivity index (χ2v) is 4.74. The largest absolute Gasteiger partial charge is 0.506 e. The Morgan fingerprint density at radius 2 is 2.11 bits per heavy atom. The number of aromatic carboxylic acids is 1. The van der Waals surface area contributed by atoms with Gasteiger partial charge in [0.25, 0.3) is 0 Å². The Morgan fingerprint density at radius 1 is 1.33 bits per heavy atom. The van der Waals surface area contributed by atoms with Gasteiger partial charge in [-0.05, 0) is 12.1 Å². The van der Waals surface area contributed by atoms with Crippen LogP contribution in [0.5, 0.6) is 5.75 Å². The number of carbonyl (C=O) groups is 1. The van der Waals surface area contributed by atoms with Gasteiger partial charge in [-0.15, -0.1) is 11.3 Å². The topological polar surface area (TPSA) is 75.3 Å². The second kappa shape index (κ2) is 3.85. The predicted octanol–water partition coefficient (Wildman–Crippen LogP) is 2.49. The molecule has 0 saturated heterocycles. The number of carboxylic acids is 1. The Labute approximate surface area is 106 Å². The Morgan fingerprint density at radius 3 is 2.83 bits per heavy atom. The summed E-state index contributed by atoms with van der Waals surface area (Å²) in [5.74, 6) is -1.35. The molecule has 6 heteroatoms. The lowest BCUT2D eigenvalue weighted by Gasteiger charge is -1.98. The van der Waals surface area contributed by atoms with Crippen LogP contribution < -0.4 is 0 Å². The maximum absolute atomic E-state index is 10.9. The number of fused-ring (bicyclic) bond motifs is 1. The van der Waals surface area contributed by atoms with Gasteiger partial charge in [-0.25, -0.2) is 9.78 Å². The fourth-order valence-electron chi connectivity index (χ4n) is 1.78. The maximum Gasteiger partial charge on any atom is 0.349 e. The van der Waals surface area contributed by atoms with E-state index in [1.165, 1.54) is 6.07 Å². The van der Waals surface area contributed by atoms with Gasteiger partial charge in [-0.1, -0.05) is 12.1 Å². The number of rotatable bonds is 2. The molecule has 0 amide bonds. The standard InChI is InChI=1S/C12H8N2O3S/c15-9-5-10(18-11(9)12(16)17)14-6-13-7-3-1-2-4-8(7)14/h1-6,15H,(H,16,17). The summed E-state index contributed by atoms with van der Waals surface area (Å²) in [4.78, 5) is 15.0. The zero-order valence-corrected chi connectivity index (χ0v) is 9.89. The van der Waals surface area contributed by atoms with Crippen molar-refractivity contribution >= 4 is 28.3 Å². The number of hydrogen-bond donors (Lipinski definition) is 2. The van der Waals surface area contributed by atoms with Gasteiger partial charge in [0, 0.05) is 6.07 Å². The van der Waals surface area contributed by atoms with Crippen molar-refractivity contribution in [3.05, 3.63) is 41.5 Å². The third-order valence-electron chi connectivity index (χ3n) is 2.58. The van der Waals surface area contributed by atoms with Crippen molar-refractivity contribution in [2.45, 2.75) is 0 Å². The van der Waals surface area contributed by atoms with Crippen molar-refractivity contribution in [3.63, 3.8) is 0 Å². The SMILES string of the molecule is O=C(O)c1sc(-n2cnc3ccccc32)cc1O. The lowest BCUT2D eigenvalue weighted by atomic mass is 10.3. The lowest BCUT2D eigenvalue weighted by Crippen LogP contribution is -1.91. The molecule has 1 aromatic carbocycles. The van der Waals surface area contributed by atoms with Crippen LogP contribution in [-0.2, 0) is 0 Å². The van der Waals surface area contributed by atoms with Crippen LogP contribution in [-0.4, -0.2) is 25.7 Å². The number of nitrogens with zero attached hydrogens (tertiary/aromatic N) is 2. The molecule has 90 valence electrons. The van der Waals surface area contributed by atoms with Gasteiger partial charge in [-0.3, -0.25) is 4.57 Å². The molecule has 0 bridgehead atoms. The minimum atomic E-state index is -1.13. The first kappa shape index (κ1) is 10.8. The molecule has 2 aromatic heterocycles. The normalized spacial score (nSPS) is 10.9. The number of aromatic hydroxyl groups is 1. The average Bonchev–Trinajstić information content (AvgIpc) is 2.92. The summed E-state index contributed by atoms with van der Waals surface area (Å²) in [5.41, 5.74) is 1.69. The number of benzene rings is 1. The zero-order chi connectivity index (χ0) is 12.7. The third kappa shape index (κ3) is 1.54. The number of hydrogen-bond acceptors (Lipinski definition) is 4. The van der Waals surface area contributed by atoms with E-state index < -0.39 is 5.97 Å². The van der Waals surface area contributed by atoms with E-state index in [1.54, 1.807) is 10.9 Å². The molecule has 5 nitrogen and oxygen atoms in total. The van der Waals surface area contributed by atoms with Crippen LogP contribution in [0, 0.1) is 0 Å². The summed E-state index contributed by atoms with van der Waals surface area (Å²) in [6, 6.07) is 8.96. The van der Waals surface area contributed by atoms with Crippen LogP contribution >= 0.6 is 11.3 Å². The smallest absolute Gasteiger partial charge is 0.349 e. The molecule has 18 heavy (non-hydrogen) atoms. The fraction of sp³-hybridized carbons (Fsp3) is 0.